The molecule has 2 aliphatic carbocycles. The molecule has 1 saturated heterocycles. The molecule has 0 aromatic carbocycles. The fourth-order valence-electron chi connectivity index (χ4n) is 3.70. The molecule has 0 amide bonds. The molecular weight excluding hydrogens is 220 g/mol. The van der Waals surface area contributed by atoms with Crippen molar-refractivity contribution in [2.75, 3.05) is 19.6 Å². The van der Waals surface area contributed by atoms with Crippen LogP contribution in [-0.2, 0) is 0 Å². The van der Waals surface area contributed by atoms with E-state index in [1.165, 1.54) is 58.2 Å². The Morgan fingerprint density at radius 3 is 2.28 bits per heavy atom. The molecule has 18 heavy (non-hydrogen) atoms. The highest BCUT2D eigenvalue weighted by Gasteiger charge is 2.40. The SMILES string of the molecule is CC1CCC(C)N(CCNC(C2CC2)C2CC2)C1. The molecule has 3 rings (SSSR count). The van der Waals surface area contributed by atoms with Gasteiger partial charge < -0.3 is 5.32 Å². The first kappa shape index (κ1) is 12.9. The first-order valence-electron chi connectivity index (χ1n) is 8.21. The summed E-state index contributed by atoms with van der Waals surface area (Å²) >= 11 is 0. The normalized spacial score (nSPS) is 34.2. The fourth-order valence-corrected chi connectivity index (χ4v) is 3.70. The summed E-state index contributed by atoms with van der Waals surface area (Å²) in [7, 11) is 0. The molecule has 0 aromatic rings. The van der Waals surface area contributed by atoms with E-state index in [1.807, 2.05) is 0 Å². The van der Waals surface area contributed by atoms with Crippen LogP contribution in [0.2, 0.25) is 0 Å². The molecule has 3 aliphatic rings. The lowest BCUT2D eigenvalue weighted by atomic mass is 9.95. The average molecular weight is 250 g/mol. The van der Waals surface area contributed by atoms with Crippen LogP contribution >= 0.6 is 0 Å². The predicted octanol–water partition coefficient (Wildman–Crippen LogP) is 2.89. The Morgan fingerprint density at radius 2 is 1.67 bits per heavy atom. The van der Waals surface area contributed by atoms with Crippen LogP contribution in [0.5, 0.6) is 0 Å². The zero-order valence-electron chi connectivity index (χ0n) is 12.2. The summed E-state index contributed by atoms with van der Waals surface area (Å²) in [5, 5.41) is 3.88. The molecule has 0 spiro atoms. The Balaban J connectivity index is 1.40. The van der Waals surface area contributed by atoms with Crippen LogP contribution in [0, 0.1) is 17.8 Å². The van der Waals surface area contributed by atoms with Gasteiger partial charge in [0.15, 0.2) is 0 Å². The lowest BCUT2D eigenvalue weighted by molar-refractivity contribution is 0.124. The third-order valence-corrected chi connectivity index (χ3v) is 5.29. The molecular formula is C16H30N2. The Bertz CT molecular complexity index is 258. The number of nitrogens with one attached hydrogen (secondary N) is 1. The monoisotopic (exact) mass is 250 g/mol. The zero-order valence-corrected chi connectivity index (χ0v) is 12.2. The minimum atomic E-state index is 0.809. The van der Waals surface area contributed by atoms with Gasteiger partial charge in [0.25, 0.3) is 0 Å². The van der Waals surface area contributed by atoms with Gasteiger partial charge in [-0.3, -0.25) is 4.90 Å². The quantitative estimate of drug-likeness (QED) is 0.780. The number of nitrogens with zero attached hydrogens (tertiary/aromatic N) is 1. The lowest BCUT2D eigenvalue weighted by Crippen LogP contribution is -2.46. The first-order valence-corrected chi connectivity index (χ1v) is 8.21. The van der Waals surface area contributed by atoms with Gasteiger partial charge in [-0.25, -0.2) is 0 Å². The van der Waals surface area contributed by atoms with E-state index in [4.69, 9.17) is 0 Å². The maximum Gasteiger partial charge on any atom is 0.0124 e. The van der Waals surface area contributed by atoms with Crippen molar-refractivity contribution in [3.8, 4) is 0 Å². The van der Waals surface area contributed by atoms with E-state index in [9.17, 15) is 0 Å². The lowest BCUT2D eigenvalue weighted by Gasteiger charge is -2.37. The van der Waals surface area contributed by atoms with Crippen molar-refractivity contribution in [3.05, 3.63) is 0 Å². The van der Waals surface area contributed by atoms with E-state index in [0.29, 0.717) is 0 Å². The van der Waals surface area contributed by atoms with Crippen molar-refractivity contribution < 1.29 is 0 Å². The molecule has 1 heterocycles. The van der Waals surface area contributed by atoms with Gasteiger partial charge in [0.1, 0.15) is 0 Å². The van der Waals surface area contributed by atoms with Gasteiger partial charge >= 0.3 is 0 Å². The van der Waals surface area contributed by atoms with E-state index in [0.717, 1.165) is 29.8 Å². The zero-order chi connectivity index (χ0) is 12.5. The van der Waals surface area contributed by atoms with Gasteiger partial charge in [-0.2, -0.15) is 0 Å². The van der Waals surface area contributed by atoms with Crippen molar-refractivity contribution in [2.45, 2.75) is 64.5 Å². The summed E-state index contributed by atoms with van der Waals surface area (Å²) in [5.41, 5.74) is 0. The molecule has 2 unspecified atom stereocenters. The third kappa shape index (κ3) is 3.27. The van der Waals surface area contributed by atoms with Crippen LogP contribution in [0.1, 0.15) is 52.4 Å². The minimum absolute atomic E-state index is 0.809. The molecule has 1 aliphatic heterocycles. The second-order valence-corrected chi connectivity index (χ2v) is 7.18. The molecule has 104 valence electrons. The summed E-state index contributed by atoms with van der Waals surface area (Å²) in [5.74, 6) is 2.98. The van der Waals surface area contributed by atoms with Crippen LogP contribution in [0.15, 0.2) is 0 Å². The van der Waals surface area contributed by atoms with Gasteiger partial charge in [0.2, 0.25) is 0 Å². The van der Waals surface area contributed by atoms with Crippen molar-refractivity contribution in [2.24, 2.45) is 17.8 Å². The summed E-state index contributed by atoms with van der Waals surface area (Å²) in [6.07, 6.45) is 8.79. The van der Waals surface area contributed by atoms with Gasteiger partial charge in [-0.1, -0.05) is 6.92 Å². The van der Waals surface area contributed by atoms with Crippen LogP contribution in [0.3, 0.4) is 0 Å². The summed E-state index contributed by atoms with van der Waals surface area (Å²) in [4.78, 5) is 2.71. The first-order chi connectivity index (χ1) is 8.74. The predicted molar refractivity (Wildman–Crippen MR) is 76.7 cm³/mol. The van der Waals surface area contributed by atoms with Crippen molar-refractivity contribution >= 4 is 0 Å². The smallest absolute Gasteiger partial charge is 0.0124 e. The van der Waals surface area contributed by atoms with Gasteiger partial charge in [0, 0.05) is 31.7 Å². The summed E-state index contributed by atoms with van der Waals surface area (Å²) < 4.78 is 0. The number of rotatable bonds is 6. The average Bonchev–Trinajstić information content (AvgIpc) is 3.22. The molecule has 3 fully saturated rings. The van der Waals surface area contributed by atoms with Crippen LogP contribution in [0.4, 0.5) is 0 Å². The van der Waals surface area contributed by atoms with Gasteiger partial charge in [-0.15, -0.1) is 0 Å². The molecule has 2 saturated carbocycles. The van der Waals surface area contributed by atoms with Crippen LogP contribution in [-0.4, -0.2) is 36.6 Å². The van der Waals surface area contributed by atoms with Crippen molar-refractivity contribution in [3.63, 3.8) is 0 Å². The highest BCUT2D eigenvalue weighted by molar-refractivity contribution is 4.96. The van der Waals surface area contributed by atoms with Crippen molar-refractivity contribution in [1.82, 2.24) is 10.2 Å². The standard InChI is InChI=1S/C16H30N2/c1-12-3-4-13(2)18(11-12)10-9-17-16(14-5-6-14)15-7-8-15/h12-17H,3-11H2,1-2H3. The second kappa shape index (κ2) is 5.50. The molecule has 2 nitrogen and oxygen atoms in total. The van der Waals surface area contributed by atoms with Crippen molar-refractivity contribution in [1.29, 1.82) is 0 Å². The Kier molecular flexibility index (Phi) is 3.95. The number of hydrogen-bond acceptors (Lipinski definition) is 2. The molecule has 0 bridgehead atoms. The maximum atomic E-state index is 3.88. The van der Waals surface area contributed by atoms with E-state index < -0.39 is 0 Å². The molecule has 0 aromatic heterocycles. The van der Waals surface area contributed by atoms with Crippen LogP contribution < -0.4 is 5.32 Å². The van der Waals surface area contributed by atoms with E-state index in [1.54, 1.807) is 0 Å². The molecule has 2 atom stereocenters. The minimum Gasteiger partial charge on any atom is -0.312 e. The highest BCUT2D eigenvalue weighted by atomic mass is 15.2. The van der Waals surface area contributed by atoms with E-state index in [-0.39, 0.29) is 0 Å². The Hall–Kier alpha value is -0.0800. The fraction of sp³-hybridized carbons (Fsp3) is 1.00. The van der Waals surface area contributed by atoms with Crippen LogP contribution in [0.25, 0.3) is 0 Å². The van der Waals surface area contributed by atoms with E-state index in [2.05, 4.69) is 24.1 Å². The third-order valence-electron chi connectivity index (χ3n) is 5.29. The number of likely N-dealkylation sites (tertiary alicyclic amines) is 1. The Morgan fingerprint density at radius 1 is 1.00 bits per heavy atom. The molecule has 2 heteroatoms. The topological polar surface area (TPSA) is 15.3 Å². The second-order valence-electron chi connectivity index (χ2n) is 7.18. The van der Waals surface area contributed by atoms with E-state index >= 15 is 0 Å². The van der Waals surface area contributed by atoms with Gasteiger partial charge in [0.05, 0.1) is 0 Å². The Labute approximate surface area is 113 Å². The molecule has 1 N–H and O–H groups in total. The largest absolute Gasteiger partial charge is 0.312 e. The summed E-state index contributed by atoms with van der Waals surface area (Å²) in [6.45, 7) is 8.62. The number of hydrogen-bond donors (Lipinski definition) is 1. The van der Waals surface area contributed by atoms with Gasteiger partial charge in [-0.05, 0) is 63.2 Å². The summed E-state index contributed by atoms with van der Waals surface area (Å²) in [6, 6.07) is 1.69. The number of piperidine rings is 1. The highest BCUT2D eigenvalue weighted by Crippen LogP contribution is 2.44. The molecule has 0 radical (unpaired) electrons. The maximum absolute atomic E-state index is 3.88.